The Morgan fingerprint density at radius 2 is 2.05 bits per heavy atom. The number of halogens is 1. The summed E-state index contributed by atoms with van der Waals surface area (Å²) in [5.41, 5.74) is 7.86. The van der Waals surface area contributed by atoms with Gasteiger partial charge in [0, 0.05) is 24.8 Å². The molecule has 0 atom stereocenters. The summed E-state index contributed by atoms with van der Waals surface area (Å²) in [6, 6.07) is 11.4. The third-order valence-electron chi connectivity index (χ3n) is 2.82. The van der Waals surface area contributed by atoms with Gasteiger partial charge in [-0.15, -0.1) is 0 Å². The lowest BCUT2D eigenvalue weighted by Gasteiger charge is -2.21. The van der Waals surface area contributed by atoms with E-state index in [0.29, 0.717) is 12.2 Å². The van der Waals surface area contributed by atoms with Crippen LogP contribution in [0.15, 0.2) is 42.6 Å². The molecule has 0 amide bonds. The van der Waals surface area contributed by atoms with Crippen LogP contribution in [0.4, 0.5) is 5.69 Å². The number of nitrogens with zero attached hydrogens (tertiary/aromatic N) is 2. The molecule has 0 saturated heterocycles. The first kappa shape index (κ1) is 13.4. The maximum atomic E-state index is 7.55. The van der Waals surface area contributed by atoms with Crippen molar-refractivity contribution in [3.05, 3.63) is 58.9 Å². The molecule has 0 spiro atoms. The molecule has 1 aromatic heterocycles. The minimum absolute atomic E-state index is 0.0402. The van der Waals surface area contributed by atoms with Crippen molar-refractivity contribution < 1.29 is 0 Å². The van der Waals surface area contributed by atoms with E-state index in [1.807, 2.05) is 48.3 Å². The van der Waals surface area contributed by atoms with Gasteiger partial charge in [0.2, 0.25) is 0 Å². The van der Waals surface area contributed by atoms with E-state index >= 15 is 0 Å². The molecule has 19 heavy (non-hydrogen) atoms. The van der Waals surface area contributed by atoms with Crippen molar-refractivity contribution in [3.63, 3.8) is 0 Å². The summed E-state index contributed by atoms with van der Waals surface area (Å²) in [4.78, 5) is 6.12. The van der Waals surface area contributed by atoms with E-state index in [2.05, 4.69) is 4.98 Å². The fraction of sp³-hybridized carbons (Fsp3) is 0.143. The predicted molar refractivity (Wildman–Crippen MR) is 78.8 cm³/mol. The molecule has 2 rings (SSSR count). The molecular formula is C14H15ClN4. The van der Waals surface area contributed by atoms with Gasteiger partial charge < -0.3 is 10.6 Å². The number of hydrogen-bond donors (Lipinski definition) is 2. The number of benzene rings is 1. The normalized spacial score (nSPS) is 10.2. The van der Waals surface area contributed by atoms with Gasteiger partial charge in [-0.1, -0.05) is 29.8 Å². The summed E-state index contributed by atoms with van der Waals surface area (Å²) in [5.74, 6) is -0.0402. The van der Waals surface area contributed by atoms with Crippen molar-refractivity contribution in [2.24, 2.45) is 5.73 Å². The highest BCUT2D eigenvalue weighted by atomic mass is 35.5. The largest absolute Gasteiger partial charge is 0.382 e. The highest BCUT2D eigenvalue weighted by Gasteiger charge is 2.11. The van der Waals surface area contributed by atoms with Crippen LogP contribution in [-0.4, -0.2) is 17.9 Å². The molecule has 98 valence electrons. The van der Waals surface area contributed by atoms with Crippen LogP contribution in [0.2, 0.25) is 5.02 Å². The summed E-state index contributed by atoms with van der Waals surface area (Å²) in [7, 11) is 1.92. The Morgan fingerprint density at radius 3 is 2.74 bits per heavy atom. The molecule has 4 nitrogen and oxygen atoms in total. The minimum Gasteiger partial charge on any atom is -0.382 e. The third kappa shape index (κ3) is 3.03. The monoisotopic (exact) mass is 274 g/mol. The molecule has 5 heteroatoms. The Kier molecular flexibility index (Phi) is 4.02. The van der Waals surface area contributed by atoms with Crippen LogP contribution in [0.1, 0.15) is 11.3 Å². The quantitative estimate of drug-likeness (QED) is 0.665. The molecule has 0 aliphatic carbocycles. The van der Waals surface area contributed by atoms with Gasteiger partial charge in [0.1, 0.15) is 11.5 Å². The fourth-order valence-corrected chi connectivity index (χ4v) is 2.08. The standard InChI is InChI=1S/C14H15ClN4/c1-19(9-10-5-2-3-6-11(10)15)12-7-4-8-18-13(12)14(16)17/h2-8H,9H2,1H3,(H3,16,17). The van der Waals surface area contributed by atoms with Crippen molar-refractivity contribution in [2.75, 3.05) is 11.9 Å². The number of nitrogens with two attached hydrogens (primary N) is 1. The Labute approximate surface area is 117 Å². The molecule has 0 bridgehead atoms. The van der Waals surface area contributed by atoms with E-state index in [4.69, 9.17) is 22.7 Å². The van der Waals surface area contributed by atoms with Gasteiger partial charge in [0.05, 0.1) is 5.69 Å². The summed E-state index contributed by atoms with van der Waals surface area (Å²) in [5, 5.41) is 8.28. The number of nitrogen functional groups attached to an aromatic ring is 1. The first-order valence-corrected chi connectivity index (χ1v) is 6.21. The van der Waals surface area contributed by atoms with E-state index in [-0.39, 0.29) is 5.84 Å². The molecule has 3 N–H and O–H groups in total. The summed E-state index contributed by atoms with van der Waals surface area (Å²) in [6.07, 6.45) is 1.63. The molecule has 0 saturated carbocycles. The second-order valence-electron chi connectivity index (χ2n) is 4.23. The van der Waals surface area contributed by atoms with Crippen LogP contribution in [0.5, 0.6) is 0 Å². The van der Waals surface area contributed by atoms with Gasteiger partial charge in [-0.3, -0.25) is 10.4 Å². The fourth-order valence-electron chi connectivity index (χ4n) is 1.88. The molecule has 0 fully saturated rings. The molecular weight excluding hydrogens is 260 g/mol. The van der Waals surface area contributed by atoms with Crippen molar-refractivity contribution in [1.29, 1.82) is 5.41 Å². The number of anilines is 1. The zero-order valence-corrected chi connectivity index (χ0v) is 11.4. The maximum Gasteiger partial charge on any atom is 0.143 e. The number of rotatable bonds is 4. The predicted octanol–water partition coefficient (Wildman–Crippen LogP) is 2.66. The van der Waals surface area contributed by atoms with E-state index in [1.165, 1.54) is 0 Å². The lowest BCUT2D eigenvalue weighted by Crippen LogP contribution is -2.23. The van der Waals surface area contributed by atoms with Crippen molar-refractivity contribution in [1.82, 2.24) is 4.98 Å². The molecule has 0 unspecified atom stereocenters. The molecule has 1 aromatic carbocycles. The van der Waals surface area contributed by atoms with Gasteiger partial charge in [-0.2, -0.15) is 0 Å². The second kappa shape index (κ2) is 5.71. The van der Waals surface area contributed by atoms with E-state index in [9.17, 15) is 0 Å². The first-order chi connectivity index (χ1) is 9.09. The number of aromatic nitrogens is 1. The van der Waals surface area contributed by atoms with Gasteiger partial charge in [0.25, 0.3) is 0 Å². The Balaban J connectivity index is 2.28. The van der Waals surface area contributed by atoms with Gasteiger partial charge in [0.15, 0.2) is 0 Å². The average molecular weight is 275 g/mol. The van der Waals surface area contributed by atoms with Crippen molar-refractivity contribution >= 4 is 23.1 Å². The average Bonchev–Trinajstić information content (AvgIpc) is 2.41. The van der Waals surface area contributed by atoms with Gasteiger partial charge in [-0.05, 0) is 23.8 Å². The first-order valence-electron chi connectivity index (χ1n) is 5.83. The number of amidine groups is 1. The molecule has 0 aliphatic heterocycles. The summed E-state index contributed by atoms with van der Waals surface area (Å²) >= 11 is 6.15. The van der Waals surface area contributed by atoms with Crippen molar-refractivity contribution in [2.45, 2.75) is 6.54 Å². The van der Waals surface area contributed by atoms with Crippen molar-refractivity contribution in [3.8, 4) is 0 Å². The molecule has 1 heterocycles. The summed E-state index contributed by atoms with van der Waals surface area (Å²) in [6.45, 7) is 0.631. The molecule has 2 aromatic rings. The zero-order valence-electron chi connectivity index (χ0n) is 10.6. The highest BCUT2D eigenvalue weighted by Crippen LogP contribution is 2.22. The second-order valence-corrected chi connectivity index (χ2v) is 4.64. The third-order valence-corrected chi connectivity index (χ3v) is 3.19. The van der Waals surface area contributed by atoms with E-state index in [1.54, 1.807) is 6.20 Å². The highest BCUT2D eigenvalue weighted by molar-refractivity contribution is 6.31. The van der Waals surface area contributed by atoms with Crippen LogP contribution >= 0.6 is 11.6 Å². The summed E-state index contributed by atoms with van der Waals surface area (Å²) < 4.78 is 0. The topological polar surface area (TPSA) is 66.0 Å². The number of hydrogen-bond acceptors (Lipinski definition) is 3. The van der Waals surface area contributed by atoms with Crippen LogP contribution in [-0.2, 0) is 6.54 Å². The Bertz CT molecular complexity index is 598. The smallest absolute Gasteiger partial charge is 0.143 e. The van der Waals surface area contributed by atoms with E-state index in [0.717, 1.165) is 16.3 Å². The van der Waals surface area contributed by atoms with Crippen LogP contribution in [0.3, 0.4) is 0 Å². The van der Waals surface area contributed by atoms with Crippen LogP contribution < -0.4 is 10.6 Å². The lowest BCUT2D eigenvalue weighted by atomic mass is 10.2. The number of pyridine rings is 1. The Morgan fingerprint density at radius 1 is 1.32 bits per heavy atom. The van der Waals surface area contributed by atoms with Crippen LogP contribution in [0.25, 0.3) is 0 Å². The molecule has 0 radical (unpaired) electrons. The number of nitrogens with one attached hydrogen (secondary N) is 1. The molecule has 0 aliphatic rings. The zero-order chi connectivity index (χ0) is 13.8. The van der Waals surface area contributed by atoms with Gasteiger partial charge in [-0.25, -0.2) is 0 Å². The van der Waals surface area contributed by atoms with E-state index < -0.39 is 0 Å². The van der Waals surface area contributed by atoms with Crippen LogP contribution in [0, 0.1) is 5.41 Å². The maximum absolute atomic E-state index is 7.55. The SMILES string of the molecule is CN(Cc1ccccc1Cl)c1cccnc1C(=N)N. The van der Waals surface area contributed by atoms with Gasteiger partial charge >= 0.3 is 0 Å². The minimum atomic E-state index is -0.0402. The lowest BCUT2D eigenvalue weighted by molar-refractivity contribution is 0.915. The Hall–Kier alpha value is -2.07.